The SMILES string of the molecule is C[C@H](CC(=O)N1CCN(c2ccccn2)CC1)CC(=O)N1CCN(c2ccccc2F)CC1. The fourth-order valence-corrected chi connectivity index (χ4v) is 4.56. The molecule has 0 saturated carbocycles. The van der Waals surface area contributed by atoms with E-state index in [-0.39, 0.29) is 23.5 Å². The summed E-state index contributed by atoms with van der Waals surface area (Å²) in [6.07, 6.45) is 2.52. The zero-order chi connectivity index (χ0) is 23.2. The molecule has 2 saturated heterocycles. The molecule has 0 spiro atoms. The van der Waals surface area contributed by atoms with Crippen LogP contribution in [0.3, 0.4) is 0 Å². The lowest BCUT2D eigenvalue weighted by Crippen LogP contribution is -2.50. The van der Waals surface area contributed by atoms with Crippen molar-refractivity contribution in [1.82, 2.24) is 14.8 Å². The average molecular weight is 454 g/mol. The molecular formula is C25H32FN5O2. The number of para-hydroxylation sites is 1. The highest BCUT2D eigenvalue weighted by atomic mass is 19.1. The molecule has 0 N–H and O–H groups in total. The van der Waals surface area contributed by atoms with Gasteiger partial charge in [0.1, 0.15) is 11.6 Å². The van der Waals surface area contributed by atoms with Gasteiger partial charge in [-0.05, 0) is 30.2 Å². The number of anilines is 2. The maximum atomic E-state index is 14.0. The van der Waals surface area contributed by atoms with E-state index < -0.39 is 0 Å². The van der Waals surface area contributed by atoms with Crippen molar-refractivity contribution < 1.29 is 14.0 Å². The van der Waals surface area contributed by atoms with E-state index in [2.05, 4.69) is 9.88 Å². The predicted octanol–water partition coefficient (Wildman–Crippen LogP) is 2.63. The highest BCUT2D eigenvalue weighted by molar-refractivity contribution is 5.80. The zero-order valence-electron chi connectivity index (χ0n) is 19.2. The summed E-state index contributed by atoms with van der Waals surface area (Å²) in [5.74, 6) is 0.885. The summed E-state index contributed by atoms with van der Waals surface area (Å²) in [5, 5.41) is 0. The molecular weight excluding hydrogens is 421 g/mol. The predicted molar refractivity (Wildman–Crippen MR) is 127 cm³/mol. The summed E-state index contributed by atoms with van der Waals surface area (Å²) >= 11 is 0. The lowest BCUT2D eigenvalue weighted by molar-refractivity contribution is -0.134. The molecule has 2 fully saturated rings. The third-order valence-electron chi connectivity index (χ3n) is 6.48. The Labute approximate surface area is 194 Å². The van der Waals surface area contributed by atoms with Crippen molar-refractivity contribution in [2.45, 2.75) is 19.8 Å². The van der Waals surface area contributed by atoms with E-state index in [0.29, 0.717) is 57.8 Å². The molecule has 0 bridgehead atoms. The van der Waals surface area contributed by atoms with Gasteiger partial charge in [-0.15, -0.1) is 0 Å². The summed E-state index contributed by atoms with van der Waals surface area (Å²) < 4.78 is 14.0. The van der Waals surface area contributed by atoms with E-state index in [0.717, 1.165) is 18.9 Å². The monoisotopic (exact) mass is 453 g/mol. The number of hydrogen-bond acceptors (Lipinski definition) is 5. The highest BCUT2D eigenvalue weighted by Gasteiger charge is 2.26. The third-order valence-corrected chi connectivity index (χ3v) is 6.48. The molecule has 1 aromatic heterocycles. The van der Waals surface area contributed by atoms with Gasteiger partial charge in [0.05, 0.1) is 5.69 Å². The van der Waals surface area contributed by atoms with Gasteiger partial charge in [-0.2, -0.15) is 0 Å². The minimum Gasteiger partial charge on any atom is -0.366 e. The molecule has 2 aromatic rings. The van der Waals surface area contributed by atoms with Gasteiger partial charge in [-0.3, -0.25) is 9.59 Å². The topological polar surface area (TPSA) is 60.0 Å². The number of benzene rings is 1. The minimum atomic E-state index is -0.231. The number of rotatable bonds is 6. The Hall–Kier alpha value is -3.16. The molecule has 0 unspecified atom stereocenters. The summed E-state index contributed by atoms with van der Waals surface area (Å²) in [6, 6.07) is 12.6. The number of aromatic nitrogens is 1. The normalized spacial score (nSPS) is 17.8. The Balaban J connectivity index is 1.19. The molecule has 7 nitrogen and oxygen atoms in total. The fourth-order valence-electron chi connectivity index (χ4n) is 4.56. The quantitative estimate of drug-likeness (QED) is 0.673. The first kappa shape index (κ1) is 23.0. The molecule has 0 radical (unpaired) electrons. The number of carbonyl (C=O) groups is 2. The van der Waals surface area contributed by atoms with E-state index in [9.17, 15) is 14.0 Å². The number of carbonyl (C=O) groups excluding carboxylic acids is 2. The molecule has 2 aliphatic rings. The molecule has 2 amide bonds. The Morgan fingerprint density at radius 1 is 0.818 bits per heavy atom. The third kappa shape index (κ3) is 5.80. The molecule has 1 aromatic carbocycles. The van der Waals surface area contributed by atoms with Crippen LogP contribution < -0.4 is 9.80 Å². The first-order chi connectivity index (χ1) is 16.0. The van der Waals surface area contributed by atoms with Crippen molar-refractivity contribution in [1.29, 1.82) is 0 Å². The van der Waals surface area contributed by atoms with E-state index >= 15 is 0 Å². The molecule has 4 rings (SSSR count). The second kappa shape index (κ2) is 10.6. The van der Waals surface area contributed by atoms with Crippen molar-refractivity contribution in [2.24, 2.45) is 5.92 Å². The standard InChI is InChI=1S/C25H32FN5O2/c1-20(19-25(33)31-16-12-29(13-17-31)23-8-4-5-9-27-23)18-24(32)30-14-10-28(11-15-30)22-7-3-2-6-21(22)26/h2-9,20H,10-19H2,1H3/t20-/m0/s1. The second-order valence-electron chi connectivity index (χ2n) is 8.89. The summed E-state index contributed by atoms with van der Waals surface area (Å²) in [4.78, 5) is 37.8. The smallest absolute Gasteiger partial charge is 0.222 e. The van der Waals surface area contributed by atoms with Gasteiger partial charge in [-0.1, -0.05) is 25.1 Å². The Morgan fingerprint density at radius 3 is 1.91 bits per heavy atom. The van der Waals surface area contributed by atoms with Crippen LogP contribution in [0, 0.1) is 11.7 Å². The largest absolute Gasteiger partial charge is 0.366 e. The molecule has 0 aliphatic carbocycles. The number of pyridine rings is 1. The van der Waals surface area contributed by atoms with Gasteiger partial charge >= 0.3 is 0 Å². The van der Waals surface area contributed by atoms with Gasteiger partial charge in [0.2, 0.25) is 11.8 Å². The number of halogens is 1. The van der Waals surface area contributed by atoms with Crippen LogP contribution in [-0.2, 0) is 9.59 Å². The van der Waals surface area contributed by atoms with Gasteiger partial charge in [0.25, 0.3) is 0 Å². The number of piperazine rings is 2. The molecule has 8 heteroatoms. The lowest BCUT2D eigenvalue weighted by atomic mass is 10.0. The van der Waals surface area contributed by atoms with E-state index in [4.69, 9.17) is 0 Å². The number of nitrogens with zero attached hydrogens (tertiary/aromatic N) is 5. The second-order valence-corrected chi connectivity index (χ2v) is 8.89. The molecule has 2 aliphatic heterocycles. The molecule has 176 valence electrons. The summed E-state index contributed by atoms with van der Waals surface area (Å²) in [5.41, 5.74) is 0.590. The van der Waals surface area contributed by atoms with Gasteiger partial charge in [0.15, 0.2) is 0 Å². The summed E-state index contributed by atoms with van der Waals surface area (Å²) in [6.45, 7) is 7.22. The van der Waals surface area contributed by atoms with Crippen LogP contribution in [-0.4, -0.2) is 79.0 Å². The Kier molecular flexibility index (Phi) is 7.42. The maximum absolute atomic E-state index is 14.0. The highest BCUT2D eigenvalue weighted by Crippen LogP contribution is 2.21. The fraction of sp³-hybridized carbons (Fsp3) is 0.480. The number of amides is 2. The van der Waals surface area contributed by atoms with Crippen LogP contribution in [0.5, 0.6) is 0 Å². The minimum absolute atomic E-state index is 0.0107. The van der Waals surface area contributed by atoms with Gasteiger partial charge in [0, 0.05) is 71.4 Å². The van der Waals surface area contributed by atoms with E-state index in [1.807, 2.05) is 45.9 Å². The van der Waals surface area contributed by atoms with Crippen molar-refractivity contribution in [2.75, 3.05) is 62.2 Å². The van der Waals surface area contributed by atoms with Crippen LogP contribution in [0.15, 0.2) is 48.7 Å². The van der Waals surface area contributed by atoms with Crippen molar-refractivity contribution in [3.63, 3.8) is 0 Å². The van der Waals surface area contributed by atoms with Crippen LogP contribution in [0.4, 0.5) is 15.9 Å². The lowest BCUT2D eigenvalue weighted by Gasteiger charge is -2.37. The van der Waals surface area contributed by atoms with Crippen molar-refractivity contribution >= 4 is 23.3 Å². The van der Waals surface area contributed by atoms with E-state index in [1.165, 1.54) is 6.07 Å². The Morgan fingerprint density at radius 2 is 1.36 bits per heavy atom. The van der Waals surface area contributed by atoms with Crippen LogP contribution in [0.25, 0.3) is 0 Å². The first-order valence-corrected chi connectivity index (χ1v) is 11.7. The van der Waals surface area contributed by atoms with Crippen LogP contribution in [0.1, 0.15) is 19.8 Å². The van der Waals surface area contributed by atoms with Crippen molar-refractivity contribution in [3.05, 3.63) is 54.5 Å². The van der Waals surface area contributed by atoms with Crippen LogP contribution in [0.2, 0.25) is 0 Å². The zero-order valence-corrected chi connectivity index (χ0v) is 19.2. The van der Waals surface area contributed by atoms with Gasteiger partial charge in [-0.25, -0.2) is 9.37 Å². The average Bonchev–Trinajstić information content (AvgIpc) is 2.85. The maximum Gasteiger partial charge on any atom is 0.222 e. The first-order valence-electron chi connectivity index (χ1n) is 11.7. The van der Waals surface area contributed by atoms with Crippen LogP contribution >= 0.6 is 0 Å². The van der Waals surface area contributed by atoms with E-state index in [1.54, 1.807) is 18.3 Å². The van der Waals surface area contributed by atoms with Gasteiger partial charge < -0.3 is 19.6 Å². The molecule has 3 heterocycles. The van der Waals surface area contributed by atoms with Crippen molar-refractivity contribution in [3.8, 4) is 0 Å². The Bertz CT molecular complexity index is 941. The molecule has 1 atom stereocenters. The molecule has 33 heavy (non-hydrogen) atoms. The summed E-state index contributed by atoms with van der Waals surface area (Å²) in [7, 11) is 0. The number of hydrogen-bond donors (Lipinski definition) is 0.